The number of hydrogen-bond acceptors (Lipinski definition) is 4. The van der Waals surface area contributed by atoms with Crippen LogP contribution in [0.2, 0.25) is 0 Å². The minimum Gasteiger partial charge on any atom is -0.308 e. The first-order chi connectivity index (χ1) is 9.42. The third-order valence-corrected chi connectivity index (χ3v) is 2.73. The van der Waals surface area contributed by atoms with Gasteiger partial charge in [0.25, 0.3) is 0 Å². The van der Waals surface area contributed by atoms with Crippen molar-refractivity contribution >= 4 is 5.82 Å². The van der Waals surface area contributed by atoms with E-state index < -0.39 is 17.5 Å². The van der Waals surface area contributed by atoms with Gasteiger partial charge in [0.1, 0.15) is 5.82 Å². The van der Waals surface area contributed by atoms with Gasteiger partial charge in [-0.2, -0.15) is 0 Å². The first-order valence-corrected chi connectivity index (χ1v) is 5.93. The summed E-state index contributed by atoms with van der Waals surface area (Å²) < 4.78 is 39.5. The smallest absolute Gasteiger partial charge is 0.194 e. The van der Waals surface area contributed by atoms with Crippen LogP contribution in [0, 0.1) is 17.5 Å². The Balaban J connectivity index is 2.60. The maximum Gasteiger partial charge on any atom is 0.194 e. The molecule has 0 saturated heterocycles. The van der Waals surface area contributed by atoms with E-state index in [-0.39, 0.29) is 17.3 Å². The molecule has 0 saturated carbocycles. The van der Waals surface area contributed by atoms with E-state index in [4.69, 9.17) is 5.84 Å². The van der Waals surface area contributed by atoms with E-state index in [1.54, 1.807) is 6.07 Å². The Bertz CT molecular complexity index is 621. The van der Waals surface area contributed by atoms with Crippen molar-refractivity contribution in [1.82, 2.24) is 9.97 Å². The van der Waals surface area contributed by atoms with Gasteiger partial charge < -0.3 is 5.43 Å². The van der Waals surface area contributed by atoms with Crippen LogP contribution in [0.5, 0.6) is 0 Å². The average molecular weight is 282 g/mol. The molecule has 0 radical (unpaired) electrons. The highest BCUT2D eigenvalue weighted by Crippen LogP contribution is 2.24. The lowest BCUT2D eigenvalue weighted by atomic mass is 10.1. The molecule has 0 fully saturated rings. The summed E-state index contributed by atoms with van der Waals surface area (Å²) in [6.07, 6.45) is 0. The lowest BCUT2D eigenvalue weighted by Gasteiger charge is -2.10. The largest absolute Gasteiger partial charge is 0.308 e. The van der Waals surface area contributed by atoms with Gasteiger partial charge in [0.05, 0.1) is 0 Å². The van der Waals surface area contributed by atoms with Crippen molar-refractivity contribution < 1.29 is 13.2 Å². The Labute approximate surface area is 113 Å². The molecule has 2 rings (SSSR count). The van der Waals surface area contributed by atoms with Crippen molar-refractivity contribution in [3.05, 3.63) is 41.3 Å². The van der Waals surface area contributed by atoms with Gasteiger partial charge in [0.2, 0.25) is 0 Å². The SMILES string of the molecule is CC(C)c1cc(NN)nc(-c2cc(F)c(F)c(F)c2)n1. The maximum absolute atomic E-state index is 13.3. The third-order valence-electron chi connectivity index (χ3n) is 2.73. The molecular weight excluding hydrogens is 269 g/mol. The van der Waals surface area contributed by atoms with Crippen LogP contribution in [0.25, 0.3) is 11.4 Å². The number of halogens is 3. The van der Waals surface area contributed by atoms with Gasteiger partial charge in [0, 0.05) is 17.3 Å². The molecule has 0 unspecified atom stereocenters. The maximum atomic E-state index is 13.3. The molecule has 0 aliphatic rings. The Hall–Kier alpha value is -2.15. The van der Waals surface area contributed by atoms with Crippen molar-refractivity contribution in [2.45, 2.75) is 19.8 Å². The highest BCUT2D eigenvalue weighted by atomic mass is 19.2. The molecule has 1 aromatic heterocycles. The Morgan fingerprint density at radius 3 is 2.15 bits per heavy atom. The molecule has 0 aliphatic carbocycles. The number of benzene rings is 1. The fourth-order valence-electron chi connectivity index (χ4n) is 1.65. The number of nitrogen functional groups attached to an aromatic ring is 1. The van der Waals surface area contributed by atoms with E-state index in [1.165, 1.54) is 0 Å². The molecular formula is C13H13F3N4. The van der Waals surface area contributed by atoms with Gasteiger partial charge in [0.15, 0.2) is 23.3 Å². The van der Waals surface area contributed by atoms with Crippen LogP contribution < -0.4 is 11.3 Å². The number of nitrogens with zero attached hydrogens (tertiary/aromatic N) is 2. The van der Waals surface area contributed by atoms with Gasteiger partial charge in [-0.05, 0) is 18.1 Å². The number of nitrogens with one attached hydrogen (secondary N) is 1. The second-order valence-electron chi connectivity index (χ2n) is 4.55. The lowest BCUT2D eigenvalue weighted by Crippen LogP contribution is -2.11. The lowest BCUT2D eigenvalue weighted by molar-refractivity contribution is 0.447. The van der Waals surface area contributed by atoms with E-state index in [9.17, 15) is 13.2 Å². The zero-order valence-corrected chi connectivity index (χ0v) is 10.9. The van der Waals surface area contributed by atoms with Gasteiger partial charge in [-0.1, -0.05) is 13.8 Å². The molecule has 0 atom stereocenters. The zero-order valence-electron chi connectivity index (χ0n) is 10.9. The van der Waals surface area contributed by atoms with Crippen LogP contribution in [-0.2, 0) is 0 Å². The van der Waals surface area contributed by atoms with E-state index in [2.05, 4.69) is 15.4 Å². The van der Waals surface area contributed by atoms with Gasteiger partial charge in [-0.3, -0.25) is 0 Å². The third kappa shape index (κ3) is 2.72. The van der Waals surface area contributed by atoms with Crippen molar-refractivity contribution in [2.75, 3.05) is 5.43 Å². The first kappa shape index (κ1) is 14.3. The van der Waals surface area contributed by atoms with Crippen molar-refractivity contribution in [1.29, 1.82) is 0 Å². The number of aromatic nitrogens is 2. The molecule has 1 heterocycles. The Morgan fingerprint density at radius 2 is 1.65 bits per heavy atom. The standard InChI is InChI=1S/C13H13F3N4/c1-6(2)10-5-11(20-17)19-13(18-10)7-3-8(14)12(16)9(15)4-7/h3-6H,17H2,1-2H3,(H,18,19,20). The van der Waals surface area contributed by atoms with Crippen LogP contribution in [0.1, 0.15) is 25.5 Å². The molecule has 4 nitrogen and oxygen atoms in total. The second-order valence-corrected chi connectivity index (χ2v) is 4.55. The monoisotopic (exact) mass is 282 g/mol. The number of hydrogen-bond donors (Lipinski definition) is 2. The minimum atomic E-state index is -1.52. The number of rotatable bonds is 3. The van der Waals surface area contributed by atoms with Crippen molar-refractivity contribution in [3.8, 4) is 11.4 Å². The molecule has 106 valence electrons. The molecule has 7 heteroatoms. The highest BCUT2D eigenvalue weighted by molar-refractivity contribution is 5.58. The summed E-state index contributed by atoms with van der Waals surface area (Å²) in [6.45, 7) is 3.80. The van der Waals surface area contributed by atoms with E-state index in [1.807, 2.05) is 13.8 Å². The summed E-state index contributed by atoms with van der Waals surface area (Å²) in [5.74, 6) is 1.65. The predicted molar refractivity (Wildman–Crippen MR) is 69.2 cm³/mol. The van der Waals surface area contributed by atoms with Crippen molar-refractivity contribution in [2.24, 2.45) is 5.84 Å². The summed E-state index contributed by atoms with van der Waals surface area (Å²) in [5, 5.41) is 0. The summed E-state index contributed by atoms with van der Waals surface area (Å²) in [6, 6.07) is 3.32. The quantitative estimate of drug-likeness (QED) is 0.516. The highest BCUT2D eigenvalue weighted by Gasteiger charge is 2.15. The molecule has 0 spiro atoms. The van der Waals surface area contributed by atoms with Crippen LogP contribution >= 0.6 is 0 Å². The van der Waals surface area contributed by atoms with E-state index in [0.717, 1.165) is 12.1 Å². The topological polar surface area (TPSA) is 63.8 Å². The van der Waals surface area contributed by atoms with Gasteiger partial charge in [-0.15, -0.1) is 0 Å². The van der Waals surface area contributed by atoms with Crippen LogP contribution in [-0.4, -0.2) is 9.97 Å². The van der Waals surface area contributed by atoms with Crippen LogP contribution in [0.3, 0.4) is 0 Å². The molecule has 0 aliphatic heterocycles. The normalized spacial score (nSPS) is 10.9. The van der Waals surface area contributed by atoms with E-state index in [0.29, 0.717) is 11.5 Å². The fraction of sp³-hybridized carbons (Fsp3) is 0.231. The van der Waals surface area contributed by atoms with E-state index >= 15 is 0 Å². The first-order valence-electron chi connectivity index (χ1n) is 5.93. The zero-order chi connectivity index (χ0) is 14.9. The molecule has 0 bridgehead atoms. The molecule has 20 heavy (non-hydrogen) atoms. The van der Waals surface area contributed by atoms with Gasteiger partial charge >= 0.3 is 0 Å². The Morgan fingerprint density at radius 1 is 1.05 bits per heavy atom. The minimum absolute atomic E-state index is 0.0420. The average Bonchev–Trinajstić information content (AvgIpc) is 2.43. The van der Waals surface area contributed by atoms with Gasteiger partial charge in [-0.25, -0.2) is 29.0 Å². The summed E-state index contributed by atoms with van der Waals surface area (Å²) in [5.41, 5.74) is 3.05. The summed E-state index contributed by atoms with van der Waals surface area (Å²) >= 11 is 0. The molecule has 3 N–H and O–H groups in total. The Kier molecular flexibility index (Phi) is 3.89. The summed E-state index contributed by atoms with van der Waals surface area (Å²) in [4.78, 5) is 8.21. The number of nitrogens with two attached hydrogens (primary N) is 1. The molecule has 2 aromatic rings. The number of hydrazine groups is 1. The second kappa shape index (κ2) is 5.46. The molecule has 1 aromatic carbocycles. The number of anilines is 1. The predicted octanol–water partition coefficient (Wildman–Crippen LogP) is 2.97. The van der Waals surface area contributed by atoms with Crippen LogP contribution in [0.4, 0.5) is 19.0 Å². The van der Waals surface area contributed by atoms with Crippen LogP contribution in [0.15, 0.2) is 18.2 Å². The molecule has 0 amide bonds. The van der Waals surface area contributed by atoms with Crippen molar-refractivity contribution in [3.63, 3.8) is 0 Å². The summed E-state index contributed by atoms with van der Waals surface area (Å²) in [7, 11) is 0. The fourth-order valence-corrected chi connectivity index (χ4v) is 1.65.